The van der Waals surface area contributed by atoms with Crippen LogP contribution in [-0.4, -0.2) is 16.6 Å². The van der Waals surface area contributed by atoms with Gasteiger partial charge >= 0.3 is 0 Å². The lowest BCUT2D eigenvalue weighted by Gasteiger charge is -2.21. The van der Waals surface area contributed by atoms with Gasteiger partial charge < -0.3 is 5.32 Å². The Morgan fingerprint density at radius 3 is 2.31 bits per heavy atom. The molecule has 0 radical (unpaired) electrons. The molecule has 0 spiro atoms. The molecular formula is C23H22N2O3S. The largest absolute Gasteiger partial charge is 0.344 e. The van der Waals surface area contributed by atoms with E-state index in [-0.39, 0.29) is 17.6 Å². The summed E-state index contributed by atoms with van der Waals surface area (Å²) in [6.45, 7) is 2.04. The minimum atomic E-state index is -0.417. The van der Waals surface area contributed by atoms with E-state index in [9.17, 15) is 14.9 Å². The van der Waals surface area contributed by atoms with Crippen molar-refractivity contribution in [1.29, 1.82) is 0 Å². The number of benzene rings is 3. The third-order valence-corrected chi connectivity index (χ3v) is 5.59. The number of non-ortho nitro benzene ring substituents is 1. The highest BCUT2D eigenvalue weighted by Gasteiger charge is 2.18. The second kappa shape index (κ2) is 9.89. The molecule has 1 amide bonds. The lowest BCUT2D eigenvalue weighted by Crippen LogP contribution is -2.31. The van der Waals surface area contributed by atoms with E-state index in [0.717, 1.165) is 22.3 Å². The van der Waals surface area contributed by atoms with Gasteiger partial charge in [-0.2, -0.15) is 0 Å². The van der Waals surface area contributed by atoms with Crippen molar-refractivity contribution in [3.63, 3.8) is 0 Å². The Labute approximate surface area is 174 Å². The van der Waals surface area contributed by atoms with Gasteiger partial charge in [-0.25, -0.2) is 0 Å². The van der Waals surface area contributed by atoms with E-state index in [0.29, 0.717) is 11.5 Å². The molecule has 0 heterocycles. The van der Waals surface area contributed by atoms with Gasteiger partial charge in [0.15, 0.2) is 0 Å². The number of nitrogens with one attached hydrogen (secondary N) is 1. The molecule has 0 fully saturated rings. The number of nitrogens with zero attached hydrogens (tertiary/aromatic N) is 1. The maximum atomic E-state index is 12.6. The number of carbonyl (C=O) groups excluding carboxylic acids is 1. The van der Waals surface area contributed by atoms with Crippen LogP contribution >= 0.6 is 11.8 Å². The van der Waals surface area contributed by atoms with Gasteiger partial charge in [0.1, 0.15) is 0 Å². The third kappa shape index (κ3) is 5.68. The zero-order valence-electron chi connectivity index (χ0n) is 16.1. The van der Waals surface area contributed by atoms with Crippen LogP contribution in [0.5, 0.6) is 0 Å². The van der Waals surface area contributed by atoms with Crippen LogP contribution in [0.4, 0.5) is 5.69 Å². The highest BCUT2D eigenvalue weighted by atomic mass is 32.2. The first-order chi connectivity index (χ1) is 14.0. The summed E-state index contributed by atoms with van der Waals surface area (Å²) in [5.41, 5.74) is 4.26. The molecule has 0 bridgehead atoms. The summed E-state index contributed by atoms with van der Waals surface area (Å²) in [4.78, 5) is 22.9. The molecule has 0 aliphatic heterocycles. The topological polar surface area (TPSA) is 72.2 Å². The molecule has 0 saturated heterocycles. The van der Waals surface area contributed by atoms with E-state index < -0.39 is 4.92 Å². The van der Waals surface area contributed by atoms with Gasteiger partial charge in [-0.15, -0.1) is 11.8 Å². The third-order valence-electron chi connectivity index (χ3n) is 4.59. The van der Waals surface area contributed by atoms with Crippen LogP contribution in [0.15, 0.2) is 78.9 Å². The van der Waals surface area contributed by atoms with E-state index >= 15 is 0 Å². The zero-order valence-corrected chi connectivity index (χ0v) is 16.9. The number of thioether (sulfide) groups is 1. The van der Waals surface area contributed by atoms with E-state index in [2.05, 4.69) is 5.32 Å². The summed E-state index contributed by atoms with van der Waals surface area (Å²) in [6, 6.07) is 24.2. The number of hydrogen-bond acceptors (Lipinski definition) is 4. The number of aryl methyl sites for hydroxylation is 1. The quantitative estimate of drug-likeness (QED) is 0.420. The number of rotatable bonds is 8. The normalized spacial score (nSPS) is 11.6. The first-order valence-corrected chi connectivity index (χ1v) is 10.4. The van der Waals surface area contributed by atoms with E-state index in [1.165, 1.54) is 23.9 Å². The first kappa shape index (κ1) is 20.6. The van der Waals surface area contributed by atoms with Gasteiger partial charge in [0, 0.05) is 17.9 Å². The average molecular weight is 407 g/mol. The monoisotopic (exact) mass is 406 g/mol. The van der Waals surface area contributed by atoms with Crippen molar-refractivity contribution in [3.8, 4) is 0 Å². The van der Waals surface area contributed by atoms with Crippen molar-refractivity contribution < 1.29 is 9.72 Å². The van der Waals surface area contributed by atoms with Crippen molar-refractivity contribution in [1.82, 2.24) is 5.32 Å². The highest BCUT2D eigenvalue weighted by molar-refractivity contribution is 7.99. The standard InChI is InChI=1S/C23H22N2O3S/c1-17-7-5-6-10-21(17)23(19-8-3-2-4-9-19)24-22(26)16-29-15-18-11-13-20(14-12-18)25(27)28/h2-14,23H,15-16H2,1H3,(H,24,26)/t23-/m1/s1. The molecule has 3 rings (SSSR count). The van der Waals surface area contributed by atoms with Crippen molar-refractivity contribution in [2.75, 3.05) is 5.75 Å². The van der Waals surface area contributed by atoms with Crippen LogP contribution in [0, 0.1) is 17.0 Å². The summed E-state index contributed by atoms with van der Waals surface area (Å²) in [6.07, 6.45) is 0. The molecule has 0 aromatic heterocycles. The molecule has 5 nitrogen and oxygen atoms in total. The molecule has 0 aliphatic carbocycles. The zero-order chi connectivity index (χ0) is 20.6. The van der Waals surface area contributed by atoms with Gasteiger partial charge in [-0.1, -0.05) is 66.7 Å². The Kier molecular flexibility index (Phi) is 7.03. The molecule has 148 valence electrons. The second-order valence-corrected chi connectivity index (χ2v) is 7.67. The average Bonchev–Trinajstić information content (AvgIpc) is 2.74. The summed E-state index contributed by atoms with van der Waals surface area (Å²) in [5.74, 6) is 0.881. The van der Waals surface area contributed by atoms with Gasteiger partial charge in [-0.05, 0) is 29.2 Å². The summed E-state index contributed by atoms with van der Waals surface area (Å²) >= 11 is 1.48. The Balaban J connectivity index is 1.63. The van der Waals surface area contributed by atoms with Crippen LogP contribution in [0.2, 0.25) is 0 Å². The molecular weight excluding hydrogens is 384 g/mol. The molecule has 0 saturated carbocycles. The minimum Gasteiger partial charge on any atom is -0.344 e. The van der Waals surface area contributed by atoms with E-state index in [4.69, 9.17) is 0 Å². The van der Waals surface area contributed by atoms with Crippen molar-refractivity contribution >= 4 is 23.4 Å². The number of amides is 1. The van der Waals surface area contributed by atoms with Gasteiger partial charge in [0.25, 0.3) is 5.69 Å². The molecule has 0 aliphatic rings. The molecule has 1 N–H and O–H groups in total. The maximum Gasteiger partial charge on any atom is 0.269 e. The molecule has 3 aromatic rings. The fourth-order valence-electron chi connectivity index (χ4n) is 3.07. The van der Waals surface area contributed by atoms with Crippen molar-refractivity contribution in [2.45, 2.75) is 18.7 Å². The fraction of sp³-hybridized carbons (Fsp3) is 0.174. The summed E-state index contributed by atoms with van der Waals surface area (Å²) < 4.78 is 0. The molecule has 29 heavy (non-hydrogen) atoms. The molecule has 0 unspecified atom stereocenters. The molecule has 6 heteroatoms. The summed E-state index contributed by atoms with van der Waals surface area (Å²) in [7, 11) is 0. The lowest BCUT2D eigenvalue weighted by molar-refractivity contribution is -0.384. The molecule has 3 aromatic carbocycles. The number of nitro benzene ring substituents is 1. The Morgan fingerprint density at radius 2 is 1.66 bits per heavy atom. The maximum absolute atomic E-state index is 12.6. The second-order valence-electron chi connectivity index (χ2n) is 6.68. The Hall–Kier alpha value is -3.12. The van der Waals surface area contributed by atoms with Gasteiger partial charge in [0.2, 0.25) is 5.91 Å². The van der Waals surface area contributed by atoms with Crippen molar-refractivity contribution in [3.05, 3.63) is 111 Å². The minimum absolute atomic E-state index is 0.0472. The van der Waals surface area contributed by atoms with Crippen LogP contribution in [0.25, 0.3) is 0 Å². The number of nitro groups is 1. The Bertz CT molecular complexity index is 975. The molecule has 1 atom stereocenters. The van der Waals surface area contributed by atoms with Gasteiger partial charge in [-0.3, -0.25) is 14.9 Å². The Morgan fingerprint density at radius 1 is 1.00 bits per heavy atom. The fourth-order valence-corrected chi connectivity index (χ4v) is 3.87. The summed E-state index contributed by atoms with van der Waals surface area (Å²) in [5, 5.41) is 13.9. The van der Waals surface area contributed by atoms with Crippen LogP contribution < -0.4 is 5.32 Å². The number of hydrogen-bond donors (Lipinski definition) is 1. The van der Waals surface area contributed by atoms with Crippen molar-refractivity contribution in [2.24, 2.45) is 0 Å². The van der Waals surface area contributed by atoms with E-state index in [1.54, 1.807) is 12.1 Å². The van der Waals surface area contributed by atoms with E-state index in [1.807, 2.05) is 61.5 Å². The predicted octanol–water partition coefficient (Wildman–Crippen LogP) is 5.04. The number of carbonyl (C=O) groups is 1. The SMILES string of the molecule is Cc1ccccc1[C@H](NC(=O)CSCc1ccc([N+](=O)[O-])cc1)c1ccccc1. The lowest BCUT2D eigenvalue weighted by atomic mass is 9.95. The highest BCUT2D eigenvalue weighted by Crippen LogP contribution is 2.25. The van der Waals surface area contributed by atoms with Crippen LogP contribution in [0.1, 0.15) is 28.3 Å². The first-order valence-electron chi connectivity index (χ1n) is 9.25. The smallest absolute Gasteiger partial charge is 0.269 e. The van der Waals surface area contributed by atoms with Gasteiger partial charge in [0.05, 0.1) is 16.7 Å². The van der Waals surface area contributed by atoms with Crippen LogP contribution in [-0.2, 0) is 10.5 Å². The van der Waals surface area contributed by atoms with Crippen LogP contribution in [0.3, 0.4) is 0 Å². The predicted molar refractivity (Wildman–Crippen MR) is 117 cm³/mol.